The van der Waals surface area contributed by atoms with Crippen molar-refractivity contribution in [2.45, 2.75) is 94.4 Å². The van der Waals surface area contributed by atoms with E-state index in [-0.39, 0.29) is 5.41 Å². The molecular weight excluding hydrogens is 736 g/mol. The Morgan fingerprint density at radius 1 is 1.09 bits per heavy atom. The molecule has 12 heteroatoms. The number of allylic oxidation sites excluding steroid dienone is 1. The quantitative estimate of drug-likeness (QED) is 0.243. The van der Waals surface area contributed by atoms with Crippen LogP contribution in [0.15, 0.2) is 48.6 Å². The Labute approximate surface area is 333 Å². The minimum Gasteiger partial charge on any atom is -0.490 e. The number of aryl methyl sites for hydroxylation is 1. The van der Waals surface area contributed by atoms with Gasteiger partial charge in [-0.3, -0.25) is 9.69 Å². The average molecular weight is 798 g/mol. The molecule has 4 atom stereocenters. The highest BCUT2D eigenvalue weighted by molar-refractivity contribution is 7.90. The third-order valence-electron chi connectivity index (χ3n) is 13.3. The number of rotatable bonds is 12. The van der Waals surface area contributed by atoms with Crippen LogP contribution >= 0.6 is 11.6 Å². The highest BCUT2D eigenvalue weighted by Gasteiger charge is 2.50. The van der Waals surface area contributed by atoms with Gasteiger partial charge in [-0.15, -0.1) is 0 Å². The van der Waals surface area contributed by atoms with Crippen LogP contribution in [0, 0.1) is 11.8 Å². The second kappa shape index (κ2) is 17.0. The first-order chi connectivity index (χ1) is 26.5. The van der Waals surface area contributed by atoms with Crippen molar-refractivity contribution in [1.82, 2.24) is 14.5 Å². The molecule has 2 saturated heterocycles. The van der Waals surface area contributed by atoms with Crippen molar-refractivity contribution < 1.29 is 27.4 Å². The number of benzene rings is 2. The van der Waals surface area contributed by atoms with Gasteiger partial charge in [0.25, 0.3) is 5.91 Å². The number of piperidine rings is 1. The maximum Gasteiger partial charge on any atom is 0.264 e. The minimum atomic E-state index is -3.80. The number of hydrogen-bond donors (Lipinski definition) is 1. The SMILES string of the molecule is CC/C=C/[C@@](CN1CCC(N2CCOCC2)CC1)(OC)[C@@H]1CC[C@H]1CN1C[C@@]2(CCCc3cc(Cl)ccc32)COc2ccc(C(=O)NS(=O)(=O)C(C)C)cc21. The van der Waals surface area contributed by atoms with Crippen molar-refractivity contribution in [3.05, 3.63) is 70.3 Å². The maximum absolute atomic E-state index is 13.4. The van der Waals surface area contributed by atoms with E-state index in [1.807, 2.05) is 25.3 Å². The van der Waals surface area contributed by atoms with E-state index in [0.717, 1.165) is 102 Å². The van der Waals surface area contributed by atoms with Crippen molar-refractivity contribution in [3.8, 4) is 5.75 Å². The Bertz CT molecular complexity index is 1810. The van der Waals surface area contributed by atoms with E-state index in [1.165, 1.54) is 24.0 Å². The topological polar surface area (TPSA) is 101 Å². The van der Waals surface area contributed by atoms with E-state index in [4.69, 9.17) is 25.8 Å². The van der Waals surface area contributed by atoms with Crippen molar-refractivity contribution in [1.29, 1.82) is 0 Å². The molecule has 2 aromatic carbocycles. The second-order valence-corrected chi connectivity index (χ2v) is 19.6. The molecular formula is C43H61ClN4O6S. The number of nitrogens with zero attached hydrogens (tertiary/aromatic N) is 3. The smallest absolute Gasteiger partial charge is 0.264 e. The average Bonchev–Trinajstić information content (AvgIpc) is 3.32. The fourth-order valence-electron chi connectivity index (χ4n) is 9.90. The van der Waals surface area contributed by atoms with Crippen LogP contribution in [0.2, 0.25) is 5.02 Å². The van der Waals surface area contributed by atoms with Gasteiger partial charge < -0.3 is 24.0 Å². The molecule has 1 saturated carbocycles. The second-order valence-electron chi connectivity index (χ2n) is 16.9. The zero-order valence-corrected chi connectivity index (χ0v) is 34.8. The molecule has 10 nitrogen and oxygen atoms in total. The zero-order valence-electron chi connectivity index (χ0n) is 33.2. The highest BCUT2D eigenvalue weighted by Crippen LogP contribution is 2.49. The zero-order chi connectivity index (χ0) is 38.8. The number of carbonyl (C=O) groups excluding carboxylic acids is 1. The number of methoxy groups -OCH3 is 1. The summed E-state index contributed by atoms with van der Waals surface area (Å²) in [6.07, 6.45) is 13.1. The first-order valence-electron chi connectivity index (χ1n) is 20.6. The van der Waals surface area contributed by atoms with E-state index in [1.54, 1.807) is 19.9 Å². The molecule has 0 unspecified atom stereocenters. The lowest BCUT2D eigenvalue weighted by molar-refractivity contribution is -0.0962. The predicted octanol–water partition coefficient (Wildman–Crippen LogP) is 6.46. The van der Waals surface area contributed by atoms with Gasteiger partial charge in [-0.05, 0) is 132 Å². The predicted molar refractivity (Wildman–Crippen MR) is 219 cm³/mol. The summed E-state index contributed by atoms with van der Waals surface area (Å²) in [5.41, 5.74) is 2.99. The first kappa shape index (κ1) is 40.5. The van der Waals surface area contributed by atoms with Crippen molar-refractivity contribution >= 4 is 33.2 Å². The molecule has 5 aliphatic rings. The molecule has 7 rings (SSSR count). The van der Waals surface area contributed by atoms with E-state index < -0.39 is 26.8 Å². The molecule has 3 fully saturated rings. The Morgan fingerprint density at radius 2 is 1.87 bits per heavy atom. The summed E-state index contributed by atoms with van der Waals surface area (Å²) in [6, 6.07) is 12.3. The van der Waals surface area contributed by atoms with Crippen molar-refractivity contribution in [2.24, 2.45) is 11.8 Å². The fourth-order valence-corrected chi connectivity index (χ4v) is 10.7. The van der Waals surface area contributed by atoms with E-state index in [2.05, 4.69) is 50.6 Å². The normalized spacial score (nSPS) is 26.5. The molecule has 55 heavy (non-hydrogen) atoms. The molecule has 3 heterocycles. The molecule has 0 bridgehead atoms. The molecule has 0 aromatic heterocycles. The van der Waals surface area contributed by atoms with Gasteiger partial charge in [0.05, 0.1) is 30.8 Å². The van der Waals surface area contributed by atoms with Crippen LogP contribution in [-0.2, 0) is 31.3 Å². The third kappa shape index (κ3) is 8.63. The van der Waals surface area contributed by atoms with Gasteiger partial charge in [0, 0.05) is 61.9 Å². The number of amides is 1. The van der Waals surface area contributed by atoms with Gasteiger partial charge >= 0.3 is 0 Å². The Hall–Kier alpha value is -2.67. The Balaban J connectivity index is 1.18. The van der Waals surface area contributed by atoms with Crippen LogP contribution in [0.1, 0.15) is 87.2 Å². The summed E-state index contributed by atoms with van der Waals surface area (Å²) in [4.78, 5) is 21.1. The largest absolute Gasteiger partial charge is 0.490 e. The van der Waals surface area contributed by atoms with Crippen LogP contribution in [0.25, 0.3) is 0 Å². The van der Waals surface area contributed by atoms with Gasteiger partial charge in [0.1, 0.15) is 11.4 Å². The first-order valence-corrected chi connectivity index (χ1v) is 22.5. The number of nitrogens with one attached hydrogen (secondary N) is 1. The lowest BCUT2D eigenvalue weighted by atomic mass is 9.63. The van der Waals surface area contributed by atoms with Gasteiger partial charge in [0.15, 0.2) is 0 Å². The van der Waals surface area contributed by atoms with E-state index in [0.29, 0.717) is 42.3 Å². The van der Waals surface area contributed by atoms with Crippen LogP contribution in [0.3, 0.4) is 0 Å². The van der Waals surface area contributed by atoms with Gasteiger partial charge in [-0.2, -0.15) is 0 Å². The Morgan fingerprint density at radius 3 is 2.56 bits per heavy atom. The number of halogens is 1. The van der Waals surface area contributed by atoms with Crippen LogP contribution in [-0.4, -0.2) is 114 Å². The maximum atomic E-state index is 13.4. The molecule has 3 aliphatic heterocycles. The number of morpholine rings is 1. The number of fused-ring (bicyclic) bond motifs is 3. The molecule has 1 N–H and O–H groups in total. The Kier molecular flexibility index (Phi) is 12.6. The standard InChI is InChI=1S/C43H61ClN4O6S/c1-5-6-18-43(52-4,29-46-19-15-36(16-20-46)47-21-23-53-24-22-47)38-12-9-34(38)27-48-28-42(17-7-8-32-25-35(44)11-13-37(32)42)30-54-40-14-10-33(26-39(40)48)41(49)45-55(50,51)31(2)3/h6,10-11,13-14,18,25-26,31,34,36,38H,5,7-9,12,15-17,19-24,27-30H2,1-4H3,(H,45,49)/b18-6+/t34-,38+,42-,43-/m0/s1. The van der Waals surface area contributed by atoms with E-state index in [9.17, 15) is 13.2 Å². The molecule has 1 amide bonds. The number of ether oxygens (including phenoxy) is 3. The lowest BCUT2D eigenvalue weighted by Crippen LogP contribution is -2.58. The fraction of sp³-hybridized carbons (Fsp3) is 0.651. The third-order valence-corrected chi connectivity index (χ3v) is 15.2. The van der Waals surface area contributed by atoms with Gasteiger partial charge in [0.2, 0.25) is 10.0 Å². The molecule has 1 spiro atoms. The van der Waals surface area contributed by atoms with Crippen LogP contribution < -0.4 is 14.4 Å². The summed E-state index contributed by atoms with van der Waals surface area (Å²) >= 11 is 6.52. The summed E-state index contributed by atoms with van der Waals surface area (Å²) < 4.78 is 46.7. The summed E-state index contributed by atoms with van der Waals surface area (Å²) in [5, 5.41) is 0.0162. The van der Waals surface area contributed by atoms with E-state index >= 15 is 0 Å². The monoisotopic (exact) mass is 796 g/mol. The van der Waals surface area contributed by atoms with Gasteiger partial charge in [-0.1, -0.05) is 36.7 Å². The summed E-state index contributed by atoms with van der Waals surface area (Å²) in [6.45, 7) is 14.0. The molecule has 0 radical (unpaired) electrons. The highest BCUT2D eigenvalue weighted by atomic mass is 35.5. The van der Waals surface area contributed by atoms with Gasteiger partial charge in [-0.25, -0.2) is 13.1 Å². The molecule has 2 aromatic rings. The lowest BCUT2D eigenvalue weighted by Gasteiger charge is -2.52. The molecule has 2 aliphatic carbocycles. The number of likely N-dealkylation sites (tertiary alicyclic amines) is 1. The number of anilines is 1. The van der Waals surface area contributed by atoms with Crippen molar-refractivity contribution in [2.75, 3.05) is 77.6 Å². The van der Waals surface area contributed by atoms with Crippen LogP contribution in [0.4, 0.5) is 5.69 Å². The number of hydrogen-bond acceptors (Lipinski definition) is 9. The number of carbonyl (C=O) groups is 1. The van der Waals surface area contributed by atoms with Crippen LogP contribution in [0.5, 0.6) is 5.75 Å². The summed E-state index contributed by atoms with van der Waals surface area (Å²) in [7, 11) is -1.91. The number of sulfonamides is 1. The minimum absolute atomic E-state index is 0.273. The van der Waals surface area contributed by atoms with Crippen molar-refractivity contribution in [3.63, 3.8) is 0 Å². The summed E-state index contributed by atoms with van der Waals surface area (Å²) in [5.74, 6) is 0.725. The molecule has 302 valence electrons.